The molecule has 0 heterocycles. The van der Waals surface area contributed by atoms with Crippen LogP contribution < -0.4 is 0 Å². The molecule has 0 N–H and O–H groups in total. The summed E-state index contributed by atoms with van der Waals surface area (Å²) >= 11 is 0. The van der Waals surface area contributed by atoms with Crippen molar-refractivity contribution in [1.82, 2.24) is 4.90 Å². The molecule has 0 aromatic rings. The molecule has 0 aliphatic carbocycles. The maximum atomic E-state index is 5.35. The smallest absolute Gasteiger partial charge is 0.0746 e. The van der Waals surface area contributed by atoms with Crippen molar-refractivity contribution in [3.05, 3.63) is 0 Å². The average Bonchev–Trinajstić information content (AvgIpc) is 2.05. The fraction of sp³-hybridized carbons (Fsp3) is 1.00. The number of rotatable bonds is 6. The Balaban J connectivity index is 4.05. The molecule has 0 saturated heterocycles. The van der Waals surface area contributed by atoms with E-state index in [0.717, 1.165) is 13.0 Å². The highest BCUT2D eigenvalue weighted by molar-refractivity contribution is 4.75. The van der Waals surface area contributed by atoms with Crippen LogP contribution >= 0.6 is 0 Å². The van der Waals surface area contributed by atoms with E-state index >= 15 is 0 Å². The number of methoxy groups -OCH3 is 2. The third-order valence-electron chi connectivity index (χ3n) is 2.13. The van der Waals surface area contributed by atoms with E-state index < -0.39 is 0 Å². The van der Waals surface area contributed by atoms with Crippen LogP contribution in [-0.2, 0) is 9.47 Å². The van der Waals surface area contributed by atoms with Gasteiger partial charge in [0.1, 0.15) is 0 Å². The van der Waals surface area contributed by atoms with Crippen LogP contribution in [0.1, 0.15) is 13.3 Å². The summed E-state index contributed by atoms with van der Waals surface area (Å²) in [4.78, 5) is 2.14. The van der Waals surface area contributed by atoms with Crippen molar-refractivity contribution < 1.29 is 9.47 Å². The molecule has 3 nitrogen and oxygen atoms in total. The van der Waals surface area contributed by atoms with Crippen molar-refractivity contribution in [2.24, 2.45) is 0 Å². The summed E-state index contributed by atoms with van der Waals surface area (Å²) in [5, 5.41) is 0. The van der Waals surface area contributed by atoms with Gasteiger partial charge in [-0.2, -0.15) is 0 Å². The Morgan fingerprint density at radius 3 is 2.08 bits per heavy atom. The van der Waals surface area contributed by atoms with Crippen LogP contribution in [0.3, 0.4) is 0 Å². The number of ether oxygens (including phenoxy) is 2. The average molecular weight is 175 g/mol. The summed E-state index contributed by atoms with van der Waals surface area (Å²) in [5.74, 6) is 0. The first-order chi connectivity index (χ1) is 5.67. The molecular formula is C9H21NO2. The zero-order chi connectivity index (χ0) is 9.56. The monoisotopic (exact) mass is 175 g/mol. The number of hydrogen-bond donors (Lipinski definition) is 0. The number of nitrogens with zero attached hydrogens (tertiary/aromatic N) is 1. The van der Waals surface area contributed by atoms with Crippen molar-refractivity contribution in [3.63, 3.8) is 0 Å². The molecule has 0 bridgehead atoms. The van der Waals surface area contributed by atoms with Crippen LogP contribution in [0.4, 0.5) is 0 Å². The van der Waals surface area contributed by atoms with E-state index in [1.165, 1.54) is 0 Å². The molecule has 0 aromatic carbocycles. The second-order valence-electron chi connectivity index (χ2n) is 3.17. The Hall–Kier alpha value is -0.120. The van der Waals surface area contributed by atoms with Gasteiger partial charge in [0.2, 0.25) is 0 Å². The minimum absolute atomic E-state index is 0.264. The van der Waals surface area contributed by atoms with Crippen LogP contribution in [0, 0.1) is 0 Å². The minimum Gasteiger partial charge on any atom is -0.383 e. The molecule has 0 aliphatic heterocycles. The second kappa shape index (κ2) is 6.40. The molecule has 12 heavy (non-hydrogen) atoms. The van der Waals surface area contributed by atoms with Gasteiger partial charge in [-0.25, -0.2) is 0 Å². The highest BCUT2D eigenvalue weighted by atomic mass is 16.5. The molecule has 0 aliphatic rings. The number of hydrogen-bond acceptors (Lipinski definition) is 3. The minimum atomic E-state index is 0.264. The highest BCUT2D eigenvalue weighted by Gasteiger charge is 2.21. The van der Waals surface area contributed by atoms with E-state index in [-0.39, 0.29) is 6.10 Å². The van der Waals surface area contributed by atoms with Gasteiger partial charge < -0.3 is 14.4 Å². The standard InChI is InChI=1S/C9H21NO2/c1-6-9(12-5)8(7-11-4)10(2)3/h8-9H,6-7H2,1-5H3. The molecule has 0 radical (unpaired) electrons. The lowest BCUT2D eigenvalue weighted by Gasteiger charge is -2.30. The molecule has 0 spiro atoms. The van der Waals surface area contributed by atoms with Crippen molar-refractivity contribution in [2.45, 2.75) is 25.5 Å². The summed E-state index contributed by atoms with van der Waals surface area (Å²) in [5.41, 5.74) is 0. The first-order valence-corrected chi connectivity index (χ1v) is 4.35. The van der Waals surface area contributed by atoms with Gasteiger partial charge in [0.15, 0.2) is 0 Å². The Morgan fingerprint density at radius 2 is 1.83 bits per heavy atom. The summed E-state index contributed by atoms with van der Waals surface area (Å²) < 4.78 is 10.5. The molecule has 2 atom stereocenters. The Morgan fingerprint density at radius 1 is 1.25 bits per heavy atom. The van der Waals surface area contributed by atoms with E-state index in [4.69, 9.17) is 9.47 Å². The van der Waals surface area contributed by atoms with E-state index in [2.05, 4.69) is 11.8 Å². The van der Waals surface area contributed by atoms with Crippen LogP contribution in [0.2, 0.25) is 0 Å². The summed E-state index contributed by atoms with van der Waals surface area (Å²) in [7, 11) is 7.57. The molecular weight excluding hydrogens is 154 g/mol. The maximum absolute atomic E-state index is 5.35. The molecule has 0 rings (SSSR count). The number of likely N-dealkylation sites (N-methyl/N-ethyl adjacent to an activating group) is 1. The van der Waals surface area contributed by atoms with E-state index in [9.17, 15) is 0 Å². The zero-order valence-electron chi connectivity index (χ0n) is 8.83. The maximum Gasteiger partial charge on any atom is 0.0746 e. The Bertz CT molecular complexity index is 103. The van der Waals surface area contributed by atoms with Crippen molar-refractivity contribution in [3.8, 4) is 0 Å². The molecule has 0 fully saturated rings. The SMILES string of the molecule is CCC(OC)C(COC)N(C)C. The van der Waals surface area contributed by atoms with E-state index in [1.54, 1.807) is 14.2 Å². The van der Waals surface area contributed by atoms with Crippen molar-refractivity contribution >= 4 is 0 Å². The largest absolute Gasteiger partial charge is 0.383 e. The van der Waals surface area contributed by atoms with Crippen LogP contribution in [0.15, 0.2) is 0 Å². The zero-order valence-corrected chi connectivity index (χ0v) is 8.83. The Labute approximate surface area is 75.6 Å². The van der Waals surface area contributed by atoms with Gasteiger partial charge in [-0.1, -0.05) is 6.92 Å². The lowest BCUT2D eigenvalue weighted by atomic mass is 10.1. The molecule has 0 amide bonds. The van der Waals surface area contributed by atoms with Gasteiger partial charge in [-0.15, -0.1) is 0 Å². The van der Waals surface area contributed by atoms with Gasteiger partial charge in [-0.05, 0) is 20.5 Å². The van der Waals surface area contributed by atoms with Crippen molar-refractivity contribution in [1.29, 1.82) is 0 Å². The third kappa shape index (κ3) is 3.52. The van der Waals surface area contributed by atoms with E-state index in [1.807, 2.05) is 14.1 Å². The first-order valence-electron chi connectivity index (χ1n) is 4.35. The van der Waals surface area contributed by atoms with Gasteiger partial charge in [0.25, 0.3) is 0 Å². The summed E-state index contributed by atoms with van der Waals surface area (Å²) in [6, 6.07) is 0.352. The topological polar surface area (TPSA) is 21.7 Å². The lowest BCUT2D eigenvalue weighted by molar-refractivity contribution is -0.00496. The Kier molecular flexibility index (Phi) is 6.34. The van der Waals surface area contributed by atoms with Crippen molar-refractivity contribution in [2.75, 3.05) is 34.9 Å². The predicted octanol–water partition coefficient (Wildman–Crippen LogP) is 0.988. The van der Waals surface area contributed by atoms with Gasteiger partial charge in [0, 0.05) is 14.2 Å². The molecule has 3 heteroatoms. The van der Waals surface area contributed by atoms with Crippen LogP contribution in [-0.4, -0.2) is 52.0 Å². The lowest BCUT2D eigenvalue weighted by Crippen LogP contribution is -2.43. The van der Waals surface area contributed by atoms with Gasteiger partial charge >= 0.3 is 0 Å². The summed E-state index contributed by atoms with van der Waals surface area (Å²) in [6.45, 7) is 2.85. The molecule has 74 valence electrons. The normalized spacial score (nSPS) is 16.5. The van der Waals surface area contributed by atoms with Crippen LogP contribution in [0.5, 0.6) is 0 Å². The fourth-order valence-electron chi connectivity index (χ4n) is 1.36. The van der Waals surface area contributed by atoms with Gasteiger partial charge in [0.05, 0.1) is 18.8 Å². The summed E-state index contributed by atoms with van der Waals surface area (Å²) in [6.07, 6.45) is 1.28. The molecule has 0 saturated carbocycles. The quantitative estimate of drug-likeness (QED) is 0.601. The first kappa shape index (κ1) is 11.9. The van der Waals surface area contributed by atoms with Gasteiger partial charge in [-0.3, -0.25) is 0 Å². The molecule has 2 unspecified atom stereocenters. The van der Waals surface area contributed by atoms with E-state index in [0.29, 0.717) is 6.04 Å². The molecule has 0 aromatic heterocycles. The fourth-order valence-corrected chi connectivity index (χ4v) is 1.36. The van der Waals surface area contributed by atoms with Crippen LogP contribution in [0.25, 0.3) is 0 Å². The third-order valence-corrected chi connectivity index (χ3v) is 2.13. The second-order valence-corrected chi connectivity index (χ2v) is 3.17. The highest BCUT2D eigenvalue weighted by Crippen LogP contribution is 2.08. The predicted molar refractivity (Wildman–Crippen MR) is 50.4 cm³/mol.